The van der Waals surface area contributed by atoms with E-state index in [1.54, 1.807) is 12.4 Å². The van der Waals surface area contributed by atoms with Crippen molar-refractivity contribution in [2.24, 2.45) is 0 Å². The lowest BCUT2D eigenvalue weighted by Gasteiger charge is -2.38. The lowest BCUT2D eigenvalue weighted by Crippen LogP contribution is -2.48. The maximum Gasteiger partial charge on any atom is 0.254 e. The van der Waals surface area contributed by atoms with Crippen molar-refractivity contribution in [2.45, 2.75) is 32.2 Å². The molecule has 1 fully saturated rings. The van der Waals surface area contributed by atoms with Gasteiger partial charge in [-0.3, -0.25) is 19.7 Å². The number of amides is 1. The molecule has 1 aliphatic heterocycles. The van der Waals surface area contributed by atoms with Crippen molar-refractivity contribution in [2.75, 3.05) is 26.2 Å². The molecule has 0 atom stereocenters. The van der Waals surface area contributed by atoms with Gasteiger partial charge < -0.3 is 9.80 Å². The molecule has 0 radical (unpaired) electrons. The van der Waals surface area contributed by atoms with Crippen LogP contribution in [0.5, 0.6) is 0 Å². The van der Waals surface area contributed by atoms with Crippen LogP contribution >= 0.6 is 0 Å². The molecule has 6 nitrogen and oxygen atoms in total. The summed E-state index contributed by atoms with van der Waals surface area (Å²) in [6, 6.07) is 11.8. The number of likely N-dealkylation sites (tertiary alicyclic amines) is 1. The molecule has 4 rings (SSSR count). The first-order valence-corrected chi connectivity index (χ1v) is 10.4. The van der Waals surface area contributed by atoms with Gasteiger partial charge in [-0.1, -0.05) is 13.0 Å². The molecule has 1 aliphatic rings. The van der Waals surface area contributed by atoms with Crippen LogP contribution in [-0.2, 0) is 6.42 Å². The van der Waals surface area contributed by atoms with E-state index in [9.17, 15) is 4.79 Å². The minimum Gasteiger partial charge on any atom is -0.335 e. The van der Waals surface area contributed by atoms with E-state index in [1.165, 1.54) is 0 Å². The van der Waals surface area contributed by atoms with Crippen LogP contribution in [0.2, 0.25) is 0 Å². The highest BCUT2D eigenvalue weighted by molar-refractivity contribution is 5.97. The molecule has 0 spiro atoms. The van der Waals surface area contributed by atoms with Crippen LogP contribution in [0.1, 0.15) is 35.8 Å². The molecule has 0 N–H and O–H groups in total. The van der Waals surface area contributed by atoms with Crippen LogP contribution in [0.15, 0.2) is 55.0 Å². The van der Waals surface area contributed by atoms with E-state index in [-0.39, 0.29) is 11.9 Å². The normalized spacial score (nSPS) is 15.5. The van der Waals surface area contributed by atoms with Gasteiger partial charge in [-0.05, 0) is 49.7 Å². The monoisotopic (exact) mass is 389 g/mol. The van der Waals surface area contributed by atoms with Gasteiger partial charge in [-0.25, -0.2) is 0 Å². The Labute approximate surface area is 171 Å². The van der Waals surface area contributed by atoms with Gasteiger partial charge in [-0.2, -0.15) is 0 Å². The van der Waals surface area contributed by atoms with E-state index in [1.807, 2.05) is 42.6 Å². The third-order valence-electron chi connectivity index (χ3n) is 5.76. The number of pyridine rings is 1. The summed E-state index contributed by atoms with van der Waals surface area (Å²) in [6.45, 7) is 6.01. The molecule has 0 aliphatic carbocycles. The topological polar surface area (TPSA) is 62.2 Å². The van der Waals surface area contributed by atoms with Crippen molar-refractivity contribution >= 4 is 16.9 Å². The molecule has 3 heterocycles. The molecule has 0 bridgehead atoms. The minimum absolute atomic E-state index is 0.0726. The molecule has 29 heavy (non-hydrogen) atoms. The van der Waals surface area contributed by atoms with Crippen molar-refractivity contribution in [1.82, 2.24) is 24.8 Å². The third kappa shape index (κ3) is 4.59. The summed E-state index contributed by atoms with van der Waals surface area (Å²) in [5.41, 5.74) is 3.25. The minimum atomic E-state index is 0.0726. The van der Waals surface area contributed by atoms with Gasteiger partial charge in [-0.15, -0.1) is 0 Å². The maximum absolute atomic E-state index is 13.5. The van der Waals surface area contributed by atoms with Gasteiger partial charge in [0, 0.05) is 61.9 Å². The Balaban J connectivity index is 1.56. The Hall–Kier alpha value is -2.86. The highest BCUT2D eigenvalue weighted by Gasteiger charge is 2.28. The number of carbonyl (C=O) groups excluding carboxylic acids is 1. The van der Waals surface area contributed by atoms with Crippen molar-refractivity contribution in [3.05, 3.63) is 66.2 Å². The molecule has 0 unspecified atom stereocenters. The van der Waals surface area contributed by atoms with E-state index in [0.29, 0.717) is 12.1 Å². The number of aromatic nitrogens is 3. The second-order valence-corrected chi connectivity index (χ2v) is 7.49. The zero-order valence-electron chi connectivity index (χ0n) is 16.9. The van der Waals surface area contributed by atoms with Crippen LogP contribution < -0.4 is 0 Å². The average molecular weight is 390 g/mol. The van der Waals surface area contributed by atoms with Gasteiger partial charge in [0.2, 0.25) is 0 Å². The molecular formula is C23H27N5O. The molecule has 0 saturated carbocycles. The highest BCUT2D eigenvalue weighted by Crippen LogP contribution is 2.21. The zero-order valence-corrected chi connectivity index (χ0v) is 16.9. The van der Waals surface area contributed by atoms with Crippen molar-refractivity contribution < 1.29 is 4.79 Å². The fraction of sp³-hybridized carbons (Fsp3) is 0.391. The quantitative estimate of drug-likeness (QED) is 0.648. The summed E-state index contributed by atoms with van der Waals surface area (Å²) in [5.74, 6) is 0.0726. The van der Waals surface area contributed by atoms with E-state index in [2.05, 4.69) is 31.7 Å². The van der Waals surface area contributed by atoms with E-state index < -0.39 is 0 Å². The molecule has 6 heteroatoms. The van der Waals surface area contributed by atoms with Crippen molar-refractivity contribution in [1.29, 1.82) is 0 Å². The summed E-state index contributed by atoms with van der Waals surface area (Å²) in [7, 11) is 0. The van der Waals surface area contributed by atoms with Gasteiger partial charge in [0.1, 0.15) is 0 Å². The predicted octanol–water partition coefficient (Wildman–Crippen LogP) is 3.19. The van der Waals surface area contributed by atoms with Gasteiger partial charge in [0.25, 0.3) is 5.91 Å². The summed E-state index contributed by atoms with van der Waals surface area (Å²) < 4.78 is 0. The number of fused-ring (bicyclic) bond motifs is 1. The number of piperidine rings is 1. The Morgan fingerprint density at radius 1 is 1.03 bits per heavy atom. The molecule has 1 amide bonds. The fourth-order valence-electron chi connectivity index (χ4n) is 4.04. The van der Waals surface area contributed by atoms with Crippen LogP contribution in [0.4, 0.5) is 0 Å². The standard InChI is InChI=1S/C23H27N5O/c1-2-27-14-9-20(10-15-27)28(16-8-19-5-3-4-11-24-19)23(29)18-6-7-21-22(17-18)26-13-12-25-21/h3-7,11-13,17,20H,2,8-10,14-16H2,1H3. The third-order valence-corrected chi connectivity index (χ3v) is 5.76. The second kappa shape index (κ2) is 9.09. The molecular weight excluding hydrogens is 362 g/mol. The first-order chi connectivity index (χ1) is 14.2. The first-order valence-electron chi connectivity index (χ1n) is 10.4. The second-order valence-electron chi connectivity index (χ2n) is 7.49. The summed E-state index contributed by atoms with van der Waals surface area (Å²) >= 11 is 0. The van der Waals surface area contributed by atoms with Crippen LogP contribution in [0, 0.1) is 0 Å². The number of rotatable bonds is 6. The van der Waals surface area contributed by atoms with Crippen LogP contribution in [0.3, 0.4) is 0 Å². The zero-order chi connectivity index (χ0) is 20.1. The maximum atomic E-state index is 13.5. The number of hydrogen-bond acceptors (Lipinski definition) is 5. The average Bonchev–Trinajstić information content (AvgIpc) is 2.80. The first kappa shape index (κ1) is 19.5. The van der Waals surface area contributed by atoms with E-state index in [0.717, 1.165) is 55.6 Å². The Morgan fingerprint density at radius 3 is 2.55 bits per heavy atom. The lowest BCUT2D eigenvalue weighted by atomic mass is 10.0. The van der Waals surface area contributed by atoms with E-state index >= 15 is 0 Å². The number of carbonyl (C=O) groups is 1. The van der Waals surface area contributed by atoms with Crippen LogP contribution in [-0.4, -0.2) is 62.9 Å². The molecule has 2 aromatic heterocycles. The number of hydrogen-bond donors (Lipinski definition) is 0. The summed E-state index contributed by atoms with van der Waals surface area (Å²) in [5, 5.41) is 0. The van der Waals surface area contributed by atoms with Gasteiger partial charge in [0.15, 0.2) is 0 Å². The fourth-order valence-corrected chi connectivity index (χ4v) is 4.04. The lowest BCUT2D eigenvalue weighted by molar-refractivity contribution is 0.0579. The highest BCUT2D eigenvalue weighted by atomic mass is 16.2. The molecule has 1 saturated heterocycles. The van der Waals surface area contributed by atoms with Crippen molar-refractivity contribution in [3.8, 4) is 0 Å². The number of benzene rings is 1. The smallest absolute Gasteiger partial charge is 0.254 e. The predicted molar refractivity (Wildman–Crippen MR) is 114 cm³/mol. The largest absolute Gasteiger partial charge is 0.335 e. The SMILES string of the molecule is CCN1CCC(N(CCc2ccccn2)C(=O)c2ccc3nccnc3c2)CC1. The molecule has 150 valence electrons. The van der Waals surface area contributed by atoms with Crippen molar-refractivity contribution in [3.63, 3.8) is 0 Å². The Morgan fingerprint density at radius 2 is 1.83 bits per heavy atom. The summed E-state index contributed by atoms with van der Waals surface area (Å²) in [6.07, 6.45) is 7.92. The molecule has 1 aromatic carbocycles. The van der Waals surface area contributed by atoms with E-state index in [4.69, 9.17) is 0 Å². The van der Waals surface area contributed by atoms with Crippen LogP contribution in [0.25, 0.3) is 11.0 Å². The van der Waals surface area contributed by atoms with Gasteiger partial charge in [0.05, 0.1) is 11.0 Å². The number of nitrogens with zero attached hydrogens (tertiary/aromatic N) is 5. The van der Waals surface area contributed by atoms with Gasteiger partial charge >= 0.3 is 0 Å². The Bertz CT molecular complexity index is 954. The Kier molecular flexibility index (Phi) is 6.10. The molecule has 3 aromatic rings. The summed E-state index contributed by atoms with van der Waals surface area (Å²) in [4.78, 5) is 31.1.